The van der Waals surface area contributed by atoms with Gasteiger partial charge in [-0.05, 0) is 70.1 Å². The van der Waals surface area contributed by atoms with Gasteiger partial charge in [0.25, 0.3) is 15.9 Å². The monoisotopic (exact) mass is 403 g/mol. The van der Waals surface area contributed by atoms with Gasteiger partial charge in [0.05, 0.1) is 10.6 Å². The van der Waals surface area contributed by atoms with Crippen LogP contribution in [-0.2, 0) is 10.0 Å². The molecule has 152 valence electrons. The average molecular weight is 404 g/mol. The molecule has 0 aliphatic rings. The molecule has 7 heteroatoms. The molecule has 0 atom stereocenters. The number of amides is 1. The van der Waals surface area contributed by atoms with Crippen molar-refractivity contribution in [3.63, 3.8) is 0 Å². The second kappa shape index (κ2) is 9.21. The summed E-state index contributed by atoms with van der Waals surface area (Å²) in [6.45, 7) is 7.65. The van der Waals surface area contributed by atoms with E-state index in [2.05, 4.69) is 31.4 Å². The standard InChI is InChI=1S/C21H29N3O3S/c1-21(2,3)23-16-8-15-22-20(25)17-11-13-19(14-12-17)28(26,27)24(4)18-9-6-5-7-10-18/h5-7,9-14,23H,8,15-16H2,1-4H3,(H,22,25). The maximum absolute atomic E-state index is 12.8. The van der Waals surface area contributed by atoms with Crippen LogP contribution in [0.5, 0.6) is 0 Å². The highest BCUT2D eigenvalue weighted by molar-refractivity contribution is 7.92. The zero-order valence-electron chi connectivity index (χ0n) is 16.9. The Bertz CT molecular complexity index is 873. The minimum atomic E-state index is -3.68. The van der Waals surface area contributed by atoms with Crippen LogP contribution in [-0.4, -0.2) is 40.0 Å². The number of hydrogen-bond donors (Lipinski definition) is 2. The van der Waals surface area contributed by atoms with Gasteiger partial charge in [0, 0.05) is 24.7 Å². The Kier molecular flexibility index (Phi) is 7.21. The third-order valence-electron chi connectivity index (χ3n) is 4.19. The lowest BCUT2D eigenvalue weighted by Gasteiger charge is -2.20. The first-order valence-electron chi connectivity index (χ1n) is 9.28. The van der Waals surface area contributed by atoms with Gasteiger partial charge in [-0.3, -0.25) is 9.10 Å². The van der Waals surface area contributed by atoms with E-state index in [4.69, 9.17) is 0 Å². The van der Waals surface area contributed by atoms with Crippen LogP contribution in [0, 0.1) is 0 Å². The molecule has 0 saturated carbocycles. The Hall–Kier alpha value is -2.38. The molecule has 0 spiro atoms. The molecule has 2 aromatic rings. The van der Waals surface area contributed by atoms with E-state index in [1.807, 2.05) is 6.07 Å². The molecule has 0 radical (unpaired) electrons. The summed E-state index contributed by atoms with van der Waals surface area (Å²) in [5.41, 5.74) is 1.07. The van der Waals surface area contributed by atoms with Crippen LogP contribution in [0.3, 0.4) is 0 Å². The first-order valence-corrected chi connectivity index (χ1v) is 10.7. The molecule has 0 heterocycles. The van der Waals surface area contributed by atoms with E-state index < -0.39 is 10.0 Å². The summed E-state index contributed by atoms with van der Waals surface area (Å²) in [5.74, 6) is -0.212. The van der Waals surface area contributed by atoms with Gasteiger partial charge in [0.2, 0.25) is 0 Å². The number of anilines is 1. The van der Waals surface area contributed by atoms with Gasteiger partial charge in [-0.1, -0.05) is 18.2 Å². The van der Waals surface area contributed by atoms with Crippen LogP contribution in [0.2, 0.25) is 0 Å². The number of sulfonamides is 1. The topological polar surface area (TPSA) is 78.5 Å². The number of benzene rings is 2. The summed E-state index contributed by atoms with van der Waals surface area (Å²) in [6.07, 6.45) is 0.817. The maximum Gasteiger partial charge on any atom is 0.264 e. The number of rotatable bonds is 8. The second-order valence-electron chi connectivity index (χ2n) is 7.62. The fourth-order valence-electron chi connectivity index (χ4n) is 2.57. The lowest BCUT2D eigenvalue weighted by molar-refractivity contribution is 0.0953. The van der Waals surface area contributed by atoms with E-state index in [0.717, 1.165) is 13.0 Å². The van der Waals surface area contributed by atoms with Crippen molar-refractivity contribution in [2.75, 3.05) is 24.4 Å². The Morgan fingerprint density at radius 2 is 1.57 bits per heavy atom. The largest absolute Gasteiger partial charge is 0.352 e. The van der Waals surface area contributed by atoms with Crippen molar-refractivity contribution < 1.29 is 13.2 Å². The summed E-state index contributed by atoms with van der Waals surface area (Å²) in [7, 11) is -2.17. The Balaban J connectivity index is 1.96. The van der Waals surface area contributed by atoms with Crippen molar-refractivity contribution in [2.24, 2.45) is 0 Å². The fraction of sp³-hybridized carbons (Fsp3) is 0.381. The maximum atomic E-state index is 12.8. The molecule has 1 amide bonds. The van der Waals surface area contributed by atoms with Gasteiger partial charge >= 0.3 is 0 Å². The molecular weight excluding hydrogens is 374 g/mol. The molecule has 2 N–H and O–H groups in total. The van der Waals surface area contributed by atoms with E-state index in [-0.39, 0.29) is 16.3 Å². The van der Waals surface area contributed by atoms with Crippen molar-refractivity contribution in [1.29, 1.82) is 0 Å². The summed E-state index contributed by atoms with van der Waals surface area (Å²) >= 11 is 0. The summed E-state index contributed by atoms with van der Waals surface area (Å²) in [6, 6.07) is 14.9. The van der Waals surface area contributed by atoms with Crippen molar-refractivity contribution in [2.45, 2.75) is 37.6 Å². The predicted molar refractivity (Wildman–Crippen MR) is 113 cm³/mol. The van der Waals surface area contributed by atoms with E-state index in [0.29, 0.717) is 17.8 Å². The van der Waals surface area contributed by atoms with Crippen LogP contribution in [0.1, 0.15) is 37.6 Å². The minimum Gasteiger partial charge on any atom is -0.352 e. The van der Waals surface area contributed by atoms with E-state index in [1.165, 1.54) is 35.6 Å². The number of nitrogens with zero attached hydrogens (tertiary/aromatic N) is 1. The third kappa shape index (κ3) is 6.07. The highest BCUT2D eigenvalue weighted by atomic mass is 32.2. The Morgan fingerprint density at radius 3 is 2.14 bits per heavy atom. The van der Waals surface area contributed by atoms with Gasteiger partial charge in [-0.2, -0.15) is 0 Å². The van der Waals surface area contributed by atoms with Gasteiger partial charge in [-0.25, -0.2) is 8.42 Å². The molecule has 0 aliphatic heterocycles. The van der Waals surface area contributed by atoms with Crippen molar-refractivity contribution in [3.8, 4) is 0 Å². The molecule has 6 nitrogen and oxygen atoms in total. The quantitative estimate of drug-likeness (QED) is 0.664. The highest BCUT2D eigenvalue weighted by Gasteiger charge is 2.21. The number of para-hydroxylation sites is 1. The highest BCUT2D eigenvalue weighted by Crippen LogP contribution is 2.21. The number of nitrogens with one attached hydrogen (secondary N) is 2. The molecule has 0 fully saturated rings. The lowest BCUT2D eigenvalue weighted by Crippen LogP contribution is -2.37. The SMILES string of the molecule is CN(c1ccccc1)S(=O)(=O)c1ccc(C(=O)NCCCNC(C)(C)C)cc1. The average Bonchev–Trinajstić information content (AvgIpc) is 2.67. The van der Waals surface area contributed by atoms with E-state index in [1.54, 1.807) is 24.3 Å². The summed E-state index contributed by atoms with van der Waals surface area (Å²) < 4.78 is 26.7. The van der Waals surface area contributed by atoms with Crippen LogP contribution < -0.4 is 14.9 Å². The van der Waals surface area contributed by atoms with Gasteiger partial charge in [0.1, 0.15) is 0 Å². The minimum absolute atomic E-state index is 0.0538. The lowest BCUT2D eigenvalue weighted by atomic mass is 10.1. The van der Waals surface area contributed by atoms with Crippen LogP contribution in [0.15, 0.2) is 59.5 Å². The van der Waals surface area contributed by atoms with Crippen molar-refractivity contribution in [3.05, 3.63) is 60.2 Å². The Labute approximate surface area is 168 Å². The smallest absolute Gasteiger partial charge is 0.264 e. The summed E-state index contributed by atoms with van der Waals surface area (Å²) in [5, 5.41) is 6.21. The predicted octanol–water partition coefficient (Wildman–Crippen LogP) is 3.02. The van der Waals surface area contributed by atoms with Crippen molar-refractivity contribution >= 4 is 21.6 Å². The fourth-order valence-corrected chi connectivity index (χ4v) is 3.76. The number of carbonyl (C=O) groups excluding carboxylic acids is 1. The zero-order valence-corrected chi connectivity index (χ0v) is 17.7. The van der Waals surface area contributed by atoms with Gasteiger partial charge in [0.15, 0.2) is 0 Å². The number of carbonyl (C=O) groups is 1. The van der Waals surface area contributed by atoms with Crippen LogP contribution in [0.4, 0.5) is 5.69 Å². The molecule has 0 aromatic heterocycles. The first kappa shape index (κ1) is 21.9. The molecule has 0 aliphatic carbocycles. The molecule has 28 heavy (non-hydrogen) atoms. The molecular formula is C21H29N3O3S. The molecule has 0 unspecified atom stereocenters. The summed E-state index contributed by atoms with van der Waals surface area (Å²) in [4.78, 5) is 12.4. The van der Waals surface area contributed by atoms with Gasteiger partial charge in [-0.15, -0.1) is 0 Å². The van der Waals surface area contributed by atoms with Crippen molar-refractivity contribution in [1.82, 2.24) is 10.6 Å². The third-order valence-corrected chi connectivity index (χ3v) is 5.99. The van der Waals surface area contributed by atoms with Crippen LogP contribution in [0.25, 0.3) is 0 Å². The zero-order chi connectivity index (χ0) is 20.8. The van der Waals surface area contributed by atoms with Gasteiger partial charge < -0.3 is 10.6 Å². The van der Waals surface area contributed by atoms with E-state index in [9.17, 15) is 13.2 Å². The molecule has 0 bridgehead atoms. The van der Waals surface area contributed by atoms with Crippen LogP contribution >= 0.6 is 0 Å². The molecule has 2 rings (SSSR count). The normalized spacial score (nSPS) is 11.9. The van der Waals surface area contributed by atoms with E-state index >= 15 is 0 Å². The Morgan fingerprint density at radius 1 is 0.964 bits per heavy atom. The molecule has 0 saturated heterocycles. The first-order chi connectivity index (χ1) is 13.1. The molecule has 2 aromatic carbocycles. The second-order valence-corrected chi connectivity index (χ2v) is 9.59. The number of hydrogen-bond acceptors (Lipinski definition) is 4.